The number of aromatic nitrogens is 1. The molecular weight excluding hydrogens is 166 g/mol. The fourth-order valence-corrected chi connectivity index (χ4v) is 1.20. The molecule has 3 heteroatoms. The van der Waals surface area contributed by atoms with E-state index in [1.807, 2.05) is 31.2 Å². The van der Waals surface area contributed by atoms with Crippen LogP contribution in [-0.2, 0) is 5.11 Å². The van der Waals surface area contributed by atoms with Crippen LogP contribution in [0.25, 0.3) is 11.1 Å². The highest BCUT2D eigenvalue weighted by Gasteiger charge is 2.13. The normalized spacial score (nSPS) is 13.4. The highest BCUT2D eigenvalue weighted by Crippen LogP contribution is 2.21. The lowest BCUT2D eigenvalue weighted by molar-refractivity contribution is 0.0627. The summed E-state index contributed by atoms with van der Waals surface area (Å²) in [5.74, 6) is 0.295. The van der Waals surface area contributed by atoms with Crippen LogP contribution in [0.4, 0.5) is 0 Å². The van der Waals surface area contributed by atoms with Gasteiger partial charge in [-0.25, -0.2) is 10.1 Å². The van der Waals surface area contributed by atoms with Crippen LogP contribution in [0.5, 0.6) is 0 Å². The predicted octanol–water partition coefficient (Wildman–Crippen LogP) is 2.71. The van der Waals surface area contributed by atoms with Crippen LogP contribution >= 0.6 is 0 Å². The largest absolute Gasteiger partial charge is 0.438 e. The Kier molecular flexibility index (Phi) is 2.02. The smallest absolute Gasteiger partial charge is 0.228 e. The standard InChI is InChI=1S/C10H10NO2/c1-2-8(12)10-11-7-5-3-4-6-9(7)13-10/h3-6,8H,2H2,1H3. The molecule has 1 unspecified atom stereocenters. The minimum absolute atomic E-state index is 0.295. The Morgan fingerprint density at radius 3 is 2.92 bits per heavy atom. The van der Waals surface area contributed by atoms with E-state index in [1.165, 1.54) is 0 Å². The van der Waals surface area contributed by atoms with Gasteiger partial charge in [0, 0.05) is 0 Å². The van der Waals surface area contributed by atoms with Crippen molar-refractivity contribution in [3.63, 3.8) is 0 Å². The Morgan fingerprint density at radius 1 is 1.46 bits per heavy atom. The molecule has 1 aromatic heterocycles. The van der Waals surface area contributed by atoms with Crippen molar-refractivity contribution in [1.29, 1.82) is 0 Å². The van der Waals surface area contributed by atoms with Gasteiger partial charge in [0.1, 0.15) is 5.52 Å². The van der Waals surface area contributed by atoms with Gasteiger partial charge in [-0.3, -0.25) is 0 Å². The van der Waals surface area contributed by atoms with E-state index in [2.05, 4.69) is 4.98 Å². The van der Waals surface area contributed by atoms with Crippen LogP contribution in [0.1, 0.15) is 25.3 Å². The summed E-state index contributed by atoms with van der Waals surface area (Å²) in [6.07, 6.45) is -0.334. The molecule has 0 N–H and O–H groups in total. The summed E-state index contributed by atoms with van der Waals surface area (Å²) in [4.78, 5) is 4.10. The molecule has 1 aromatic carbocycles. The zero-order chi connectivity index (χ0) is 9.26. The summed E-state index contributed by atoms with van der Waals surface area (Å²) in [7, 11) is 0. The molecule has 0 saturated carbocycles. The van der Waals surface area contributed by atoms with Crippen LogP contribution < -0.4 is 0 Å². The molecule has 2 aromatic rings. The molecule has 1 heterocycles. The van der Waals surface area contributed by atoms with Gasteiger partial charge in [0.2, 0.25) is 5.89 Å². The molecule has 1 radical (unpaired) electrons. The number of nitrogens with zero attached hydrogens (tertiary/aromatic N) is 1. The number of hydrogen-bond donors (Lipinski definition) is 0. The molecule has 0 saturated heterocycles. The Morgan fingerprint density at radius 2 is 2.23 bits per heavy atom. The predicted molar refractivity (Wildman–Crippen MR) is 47.7 cm³/mol. The zero-order valence-electron chi connectivity index (χ0n) is 7.36. The van der Waals surface area contributed by atoms with E-state index in [0.717, 1.165) is 5.52 Å². The summed E-state index contributed by atoms with van der Waals surface area (Å²) >= 11 is 0. The average molecular weight is 176 g/mol. The summed E-state index contributed by atoms with van der Waals surface area (Å²) in [5.41, 5.74) is 1.44. The van der Waals surface area contributed by atoms with Crippen molar-refractivity contribution >= 4 is 11.1 Å². The lowest BCUT2D eigenvalue weighted by Crippen LogP contribution is -1.92. The number of benzene rings is 1. The van der Waals surface area contributed by atoms with Crippen molar-refractivity contribution in [3.8, 4) is 0 Å². The summed E-state index contributed by atoms with van der Waals surface area (Å²) < 4.78 is 5.30. The van der Waals surface area contributed by atoms with Gasteiger partial charge in [-0.15, -0.1) is 0 Å². The van der Waals surface area contributed by atoms with Crippen molar-refractivity contribution in [1.82, 2.24) is 4.98 Å². The molecule has 3 nitrogen and oxygen atoms in total. The third-order valence-corrected chi connectivity index (χ3v) is 1.96. The van der Waals surface area contributed by atoms with E-state index in [9.17, 15) is 5.11 Å². The van der Waals surface area contributed by atoms with Crippen molar-refractivity contribution in [2.75, 3.05) is 0 Å². The number of fused-ring (bicyclic) bond motifs is 1. The van der Waals surface area contributed by atoms with Gasteiger partial charge < -0.3 is 4.42 Å². The number of rotatable bonds is 2. The average Bonchev–Trinajstić information content (AvgIpc) is 2.59. The molecule has 0 aliphatic rings. The molecule has 0 amide bonds. The van der Waals surface area contributed by atoms with E-state index >= 15 is 0 Å². The molecule has 13 heavy (non-hydrogen) atoms. The quantitative estimate of drug-likeness (QED) is 0.706. The van der Waals surface area contributed by atoms with E-state index < -0.39 is 6.10 Å². The monoisotopic (exact) mass is 176 g/mol. The Hall–Kier alpha value is -1.35. The van der Waals surface area contributed by atoms with Gasteiger partial charge in [-0.1, -0.05) is 19.1 Å². The second-order valence-electron chi connectivity index (χ2n) is 2.92. The highest BCUT2D eigenvalue weighted by molar-refractivity contribution is 5.72. The first kappa shape index (κ1) is 8.26. The lowest BCUT2D eigenvalue weighted by atomic mass is 10.3. The molecule has 67 valence electrons. The van der Waals surface area contributed by atoms with Gasteiger partial charge in [0.25, 0.3) is 0 Å². The maximum absolute atomic E-state index is 11.3. The Balaban J connectivity index is 2.49. The van der Waals surface area contributed by atoms with Crippen molar-refractivity contribution in [3.05, 3.63) is 30.2 Å². The van der Waals surface area contributed by atoms with Gasteiger partial charge in [-0.2, -0.15) is 0 Å². The first-order valence-electron chi connectivity index (χ1n) is 4.32. The van der Waals surface area contributed by atoms with Gasteiger partial charge >= 0.3 is 0 Å². The number of para-hydroxylation sites is 2. The summed E-state index contributed by atoms with van der Waals surface area (Å²) in [6.45, 7) is 1.83. The lowest BCUT2D eigenvalue weighted by Gasteiger charge is -1.95. The Labute approximate surface area is 76.0 Å². The van der Waals surface area contributed by atoms with Crippen LogP contribution in [0.2, 0.25) is 0 Å². The number of oxazole rings is 1. The molecule has 0 aliphatic carbocycles. The van der Waals surface area contributed by atoms with Crippen LogP contribution in [0, 0.1) is 0 Å². The van der Waals surface area contributed by atoms with Crippen molar-refractivity contribution < 1.29 is 9.52 Å². The van der Waals surface area contributed by atoms with E-state index in [1.54, 1.807) is 0 Å². The van der Waals surface area contributed by atoms with Gasteiger partial charge in [0.15, 0.2) is 11.7 Å². The SMILES string of the molecule is CCC([O])c1nc2ccccc2o1. The maximum Gasteiger partial charge on any atom is 0.228 e. The minimum Gasteiger partial charge on any atom is -0.438 e. The van der Waals surface area contributed by atoms with Crippen molar-refractivity contribution in [2.45, 2.75) is 19.4 Å². The molecule has 0 fully saturated rings. The molecular formula is C10H10NO2. The molecule has 0 bridgehead atoms. The highest BCUT2D eigenvalue weighted by atomic mass is 16.4. The third kappa shape index (κ3) is 1.42. The second-order valence-corrected chi connectivity index (χ2v) is 2.92. The second kappa shape index (κ2) is 3.18. The van der Waals surface area contributed by atoms with Crippen LogP contribution in [-0.4, -0.2) is 4.98 Å². The van der Waals surface area contributed by atoms with Gasteiger partial charge in [0.05, 0.1) is 0 Å². The van der Waals surface area contributed by atoms with Gasteiger partial charge in [-0.05, 0) is 18.6 Å². The minimum atomic E-state index is -0.840. The first-order valence-corrected chi connectivity index (χ1v) is 4.32. The molecule has 0 aliphatic heterocycles. The molecule has 2 rings (SSSR count). The van der Waals surface area contributed by atoms with E-state index in [4.69, 9.17) is 4.42 Å². The zero-order valence-corrected chi connectivity index (χ0v) is 7.36. The topological polar surface area (TPSA) is 45.9 Å². The van der Waals surface area contributed by atoms with Crippen LogP contribution in [0.15, 0.2) is 28.7 Å². The number of hydrogen-bond acceptors (Lipinski definition) is 2. The first-order chi connectivity index (χ1) is 6.31. The molecule has 1 atom stereocenters. The Bertz CT molecular complexity index is 375. The maximum atomic E-state index is 11.3. The fourth-order valence-electron chi connectivity index (χ4n) is 1.20. The third-order valence-electron chi connectivity index (χ3n) is 1.96. The van der Waals surface area contributed by atoms with Crippen molar-refractivity contribution in [2.24, 2.45) is 0 Å². The fraction of sp³-hybridized carbons (Fsp3) is 0.300. The van der Waals surface area contributed by atoms with Crippen LogP contribution in [0.3, 0.4) is 0 Å². The van der Waals surface area contributed by atoms with E-state index in [-0.39, 0.29) is 0 Å². The molecule has 0 spiro atoms. The summed E-state index contributed by atoms with van der Waals surface area (Å²) in [6, 6.07) is 7.39. The summed E-state index contributed by atoms with van der Waals surface area (Å²) in [5, 5.41) is 11.3. The van der Waals surface area contributed by atoms with E-state index in [0.29, 0.717) is 17.9 Å².